The molecule has 0 spiro atoms. The Bertz CT molecular complexity index is 896. The molecule has 0 saturated heterocycles. The van der Waals surface area contributed by atoms with E-state index in [-0.39, 0.29) is 5.91 Å². The number of para-hydroxylation sites is 1. The fourth-order valence-corrected chi connectivity index (χ4v) is 2.32. The van der Waals surface area contributed by atoms with Crippen molar-refractivity contribution in [3.05, 3.63) is 94.8 Å². The molecule has 0 bridgehead atoms. The molecule has 0 aliphatic carbocycles. The van der Waals surface area contributed by atoms with Crippen LogP contribution in [-0.4, -0.2) is 17.1 Å². The van der Waals surface area contributed by atoms with E-state index in [0.717, 1.165) is 11.1 Å². The molecule has 0 saturated carbocycles. The quantitative estimate of drug-likeness (QED) is 0.529. The molecule has 1 amide bonds. The molecular weight excluding hydrogens is 350 g/mol. The fourth-order valence-electron chi connectivity index (χ4n) is 2.20. The number of hydrogen-bond acceptors (Lipinski definition) is 4. The predicted molar refractivity (Wildman–Crippen MR) is 102 cm³/mol. The van der Waals surface area contributed by atoms with E-state index in [1.807, 2.05) is 18.2 Å². The second-order valence-corrected chi connectivity index (χ2v) is 5.83. The van der Waals surface area contributed by atoms with Gasteiger partial charge in [-0.15, -0.1) is 0 Å². The maximum atomic E-state index is 12.4. The number of benzene rings is 2. The van der Waals surface area contributed by atoms with Crippen molar-refractivity contribution in [3.8, 4) is 5.75 Å². The van der Waals surface area contributed by atoms with Gasteiger partial charge in [-0.3, -0.25) is 9.78 Å². The summed E-state index contributed by atoms with van der Waals surface area (Å²) in [5, 5.41) is 4.63. The molecule has 3 rings (SSSR count). The number of aromatic nitrogens is 1. The molecule has 3 aromatic rings. The minimum Gasteiger partial charge on any atom is -0.488 e. The van der Waals surface area contributed by atoms with Crippen LogP contribution < -0.4 is 10.2 Å². The van der Waals surface area contributed by atoms with Gasteiger partial charge in [0.05, 0.1) is 11.8 Å². The van der Waals surface area contributed by atoms with E-state index in [9.17, 15) is 4.79 Å². The summed E-state index contributed by atoms with van der Waals surface area (Å²) in [6, 6.07) is 18.0. The van der Waals surface area contributed by atoms with Crippen LogP contribution in [0.25, 0.3) is 0 Å². The van der Waals surface area contributed by atoms with E-state index in [2.05, 4.69) is 15.5 Å². The largest absolute Gasteiger partial charge is 0.488 e. The van der Waals surface area contributed by atoms with E-state index < -0.39 is 0 Å². The van der Waals surface area contributed by atoms with Crippen molar-refractivity contribution in [2.45, 2.75) is 6.61 Å². The smallest absolute Gasteiger partial charge is 0.275 e. The van der Waals surface area contributed by atoms with Gasteiger partial charge in [-0.25, -0.2) is 5.43 Å². The third-order valence-corrected chi connectivity index (χ3v) is 3.78. The molecule has 130 valence electrons. The van der Waals surface area contributed by atoms with Crippen LogP contribution in [0.2, 0.25) is 5.02 Å². The highest BCUT2D eigenvalue weighted by molar-refractivity contribution is 6.30. The topological polar surface area (TPSA) is 63.6 Å². The minimum atomic E-state index is -0.345. The van der Waals surface area contributed by atoms with Crippen LogP contribution in [0.3, 0.4) is 0 Å². The number of amides is 1. The Hall–Kier alpha value is -3.18. The number of carbonyl (C=O) groups is 1. The highest BCUT2D eigenvalue weighted by Gasteiger charge is 2.11. The average Bonchev–Trinajstić information content (AvgIpc) is 2.68. The molecule has 2 aromatic carbocycles. The van der Waals surface area contributed by atoms with Crippen molar-refractivity contribution in [1.29, 1.82) is 0 Å². The molecule has 0 aliphatic rings. The molecule has 0 atom stereocenters. The first-order chi connectivity index (χ1) is 12.7. The highest BCUT2D eigenvalue weighted by Crippen LogP contribution is 2.20. The first-order valence-electron chi connectivity index (χ1n) is 7.92. The molecular formula is C20H16ClN3O2. The fraction of sp³-hybridized carbons (Fsp3) is 0.0500. The molecule has 0 unspecified atom stereocenters. The number of nitrogens with one attached hydrogen (secondary N) is 1. The van der Waals surface area contributed by atoms with Crippen molar-refractivity contribution in [2.24, 2.45) is 5.10 Å². The number of hydrogen-bond donors (Lipinski definition) is 1. The second-order valence-electron chi connectivity index (χ2n) is 5.39. The van der Waals surface area contributed by atoms with Crippen molar-refractivity contribution in [2.75, 3.05) is 0 Å². The maximum absolute atomic E-state index is 12.4. The van der Waals surface area contributed by atoms with Gasteiger partial charge in [0.1, 0.15) is 12.4 Å². The van der Waals surface area contributed by atoms with Gasteiger partial charge in [0, 0.05) is 17.4 Å². The lowest BCUT2D eigenvalue weighted by Crippen LogP contribution is -2.18. The van der Waals surface area contributed by atoms with Crippen molar-refractivity contribution < 1.29 is 9.53 Å². The van der Waals surface area contributed by atoms with Gasteiger partial charge < -0.3 is 4.74 Å². The normalized spacial score (nSPS) is 10.7. The summed E-state index contributed by atoms with van der Waals surface area (Å²) < 4.78 is 5.78. The third kappa shape index (κ3) is 4.91. The SMILES string of the molecule is O=C(N/N=C\c1ccncc1)c1ccccc1OCc1ccc(Cl)cc1. The van der Waals surface area contributed by atoms with Crippen LogP contribution in [0.1, 0.15) is 21.5 Å². The van der Waals surface area contributed by atoms with Crippen molar-refractivity contribution >= 4 is 23.7 Å². The van der Waals surface area contributed by atoms with Gasteiger partial charge in [0.2, 0.25) is 0 Å². The molecule has 0 fully saturated rings. The van der Waals surface area contributed by atoms with Gasteiger partial charge in [-0.2, -0.15) is 5.10 Å². The Labute approximate surface area is 156 Å². The highest BCUT2D eigenvalue weighted by atomic mass is 35.5. The number of carbonyl (C=O) groups excluding carboxylic acids is 1. The van der Waals surface area contributed by atoms with Crippen molar-refractivity contribution in [1.82, 2.24) is 10.4 Å². The number of rotatable bonds is 6. The zero-order valence-corrected chi connectivity index (χ0v) is 14.6. The number of pyridine rings is 1. The van der Waals surface area contributed by atoms with Crippen LogP contribution in [0, 0.1) is 0 Å². The van der Waals surface area contributed by atoms with Crippen LogP contribution in [0.4, 0.5) is 0 Å². The van der Waals surface area contributed by atoms with E-state index in [1.165, 1.54) is 0 Å². The van der Waals surface area contributed by atoms with E-state index in [4.69, 9.17) is 16.3 Å². The summed E-state index contributed by atoms with van der Waals surface area (Å²) >= 11 is 5.88. The van der Waals surface area contributed by atoms with Gasteiger partial charge in [0.25, 0.3) is 5.91 Å². The molecule has 26 heavy (non-hydrogen) atoms. The second kappa shape index (κ2) is 8.78. The lowest BCUT2D eigenvalue weighted by atomic mass is 10.2. The summed E-state index contributed by atoms with van der Waals surface area (Å²) in [6.45, 7) is 0.335. The predicted octanol–water partition coefficient (Wildman–Crippen LogP) is 4.08. The Balaban J connectivity index is 1.65. The van der Waals surface area contributed by atoms with Crippen LogP contribution >= 0.6 is 11.6 Å². The van der Waals surface area contributed by atoms with E-state index >= 15 is 0 Å². The average molecular weight is 366 g/mol. The van der Waals surface area contributed by atoms with Gasteiger partial charge >= 0.3 is 0 Å². The van der Waals surface area contributed by atoms with Gasteiger partial charge in [-0.1, -0.05) is 35.9 Å². The zero-order chi connectivity index (χ0) is 18.2. The summed E-state index contributed by atoms with van der Waals surface area (Å²) in [6.07, 6.45) is 4.86. The molecule has 1 heterocycles. The Morgan fingerprint density at radius 1 is 1.08 bits per heavy atom. The van der Waals surface area contributed by atoms with Crippen LogP contribution in [0.15, 0.2) is 78.2 Å². The molecule has 1 N–H and O–H groups in total. The molecule has 5 nitrogen and oxygen atoms in total. The zero-order valence-electron chi connectivity index (χ0n) is 13.8. The maximum Gasteiger partial charge on any atom is 0.275 e. The van der Waals surface area contributed by atoms with Crippen LogP contribution in [-0.2, 0) is 6.61 Å². The lowest BCUT2D eigenvalue weighted by Gasteiger charge is -2.10. The van der Waals surface area contributed by atoms with Crippen molar-refractivity contribution in [3.63, 3.8) is 0 Å². The Morgan fingerprint density at radius 3 is 2.58 bits per heavy atom. The van der Waals surface area contributed by atoms with E-state index in [0.29, 0.717) is 22.9 Å². The number of hydrazone groups is 1. The minimum absolute atomic E-state index is 0.335. The molecule has 6 heteroatoms. The van der Waals surface area contributed by atoms with Gasteiger partial charge in [-0.05, 0) is 47.5 Å². The Morgan fingerprint density at radius 2 is 1.81 bits per heavy atom. The monoisotopic (exact) mass is 365 g/mol. The lowest BCUT2D eigenvalue weighted by molar-refractivity contribution is 0.0950. The first-order valence-corrected chi connectivity index (χ1v) is 8.30. The standard InChI is InChI=1S/C20H16ClN3O2/c21-17-7-5-16(6-8-17)14-26-19-4-2-1-3-18(19)20(25)24-23-13-15-9-11-22-12-10-15/h1-13H,14H2,(H,24,25)/b23-13-. The number of ether oxygens (including phenoxy) is 1. The summed E-state index contributed by atoms with van der Waals surface area (Å²) in [7, 11) is 0. The Kier molecular flexibility index (Phi) is 5.96. The summed E-state index contributed by atoms with van der Waals surface area (Å²) in [5.41, 5.74) is 4.72. The third-order valence-electron chi connectivity index (χ3n) is 3.53. The summed E-state index contributed by atoms with van der Waals surface area (Å²) in [4.78, 5) is 16.3. The van der Waals surface area contributed by atoms with Crippen LogP contribution in [0.5, 0.6) is 5.75 Å². The number of nitrogens with zero attached hydrogens (tertiary/aromatic N) is 2. The molecule has 1 aromatic heterocycles. The first kappa shape index (κ1) is 17.6. The summed E-state index contributed by atoms with van der Waals surface area (Å²) in [5.74, 6) is 0.140. The molecule has 0 radical (unpaired) electrons. The van der Waals surface area contributed by atoms with E-state index in [1.54, 1.807) is 61.1 Å². The number of halogens is 1. The molecule has 0 aliphatic heterocycles. The van der Waals surface area contributed by atoms with Gasteiger partial charge in [0.15, 0.2) is 0 Å².